The summed E-state index contributed by atoms with van der Waals surface area (Å²) in [5, 5.41) is 13.2. The van der Waals surface area contributed by atoms with Gasteiger partial charge in [0.05, 0.1) is 12.3 Å². The van der Waals surface area contributed by atoms with E-state index in [1.54, 1.807) is 0 Å². The molecule has 0 radical (unpaired) electrons. The summed E-state index contributed by atoms with van der Waals surface area (Å²) >= 11 is 0. The number of hydrogen-bond donors (Lipinski definition) is 2. The van der Waals surface area contributed by atoms with E-state index in [2.05, 4.69) is 35.6 Å². The van der Waals surface area contributed by atoms with Crippen molar-refractivity contribution in [1.29, 1.82) is 0 Å². The molecule has 1 atom stereocenters. The first-order valence-corrected chi connectivity index (χ1v) is 8.26. The van der Waals surface area contributed by atoms with Gasteiger partial charge in [-0.2, -0.15) is 0 Å². The van der Waals surface area contributed by atoms with Crippen LogP contribution < -0.4 is 5.32 Å². The van der Waals surface area contributed by atoms with Crippen LogP contribution in [-0.2, 0) is 6.61 Å². The monoisotopic (exact) mass is 294 g/mol. The van der Waals surface area contributed by atoms with Gasteiger partial charge in [-0.05, 0) is 54.5 Å². The molecular formula is C19H22N2O. The van der Waals surface area contributed by atoms with Crippen LogP contribution in [0.1, 0.15) is 47.9 Å². The summed E-state index contributed by atoms with van der Waals surface area (Å²) in [6, 6.07) is 10.8. The lowest BCUT2D eigenvalue weighted by atomic mass is 9.94. The van der Waals surface area contributed by atoms with Gasteiger partial charge in [0.15, 0.2) is 0 Å². The van der Waals surface area contributed by atoms with E-state index in [0.29, 0.717) is 11.8 Å². The average molecular weight is 294 g/mol. The molecule has 2 heterocycles. The van der Waals surface area contributed by atoms with Crippen LogP contribution in [-0.4, -0.2) is 23.2 Å². The van der Waals surface area contributed by atoms with Crippen molar-refractivity contribution in [3.63, 3.8) is 0 Å². The number of rotatable bonds is 4. The number of nitrogens with zero attached hydrogens (tertiary/aromatic N) is 1. The Hall–Kier alpha value is -1.71. The lowest BCUT2D eigenvalue weighted by Gasteiger charge is -2.15. The number of aliphatic hydroxyl groups excluding tert-OH is 1. The maximum absolute atomic E-state index is 9.78. The quantitative estimate of drug-likeness (QED) is 0.910. The minimum absolute atomic E-state index is 0.0677. The van der Waals surface area contributed by atoms with Crippen molar-refractivity contribution in [3.05, 3.63) is 53.3 Å². The highest BCUT2D eigenvalue weighted by molar-refractivity contribution is 5.68. The maximum atomic E-state index is 9.78. The molecule has 2 N–H and O–H groups in total. The van der Waals surface area contributed by atoms with Gasteiger partial charge in [-0.25, -0.2) is 0 Å². The first-order chi connectivity index (χ1) is 10.9. The number of hydrogen-bond acceptors (Lipinski definition) is 3. The molecule has 1 aromatic carbocycles. The highest BCUT2D eigenvalue weighted by Crippen LogP contribution is 2.44. The minimum atomic E-state index is 0.0677. The summed E-state index contributed by atoms with van der Waals surface area (Å²) in [4.78, 5) is 4.73. The van der Waals surface area contributed by atoms with Gasteiger partial charge < -0.3 is 10.4 Å². The van der Waals surface area contributed by atoms with Crippen molar-refractivity contribution < 1.29 is 5.11 Å². The number of aliphatic hydroxyl groups is 1. The second-order valence-electron chi connectivity index (χ2n) is 6.48. The maximum Gasteiger partial charge on any atom is 0.0699 e. The molecule has 0 amide bonds. The zero-order valence-corrected chi connectivity index (χ0v) is 12.8. The molecule has 1 aliphatic heterocycles. The zero-order valence-electron chi connectivity index (χ0n) is 12.8. The predicted molar refractivity (Wildman–Crippen MR) is 87.8 cm³/mol. The van der Waals surface area contributed by atoms with E-state index in [-0.39, 0.29) is 6.61 Å². The Labute approximate surface area is 131 Å². The summed E-state index contributed by atoms with van der Waals surface area (Å²) in [6.45, 7) is 2.08. The van der Waals surface area contributed by atoms with Crippen LogP contribution in [0.3, 0.4) is 0 Å². The van der Waals surface area contributed by atoms with Gasteiger partial charge in [0, 0.05) is 24.2 Å². The van der Waals surface area contributed by atoms with Crippen molar-refractivity contribution in [2.75, 3.05) is 13.1 Å². The molecule has 3 nitrogen and oxygen atoms in total. The molecule has 0 spiro atoms. The Morgan fingerprint density at radius 3 is 2.73 bits per heavy atom. The van der Waals surface area contributed by atoms with Crippen molar-refractivity contribution >= 4 is 0 Å². The summed E-state index contributed by atoms with van der Waals surface area (Å²) in [5.41, 5.74) is 5.91. The predicted octanol–water partition coefficient (Wildman–Crippen LogP) is 3.20. The van der Waals surface area contributed by atoms with E-state index in [0.717, 1.165) is 36.3 Å². The highest BCUT2D eigenvalue weighted by atomic mass is 16.3. The third kappa shape index (κ3) is 2.55. The minimum Gasteiger partial charge on any atom is -0.392 e. The van der Waals surface area contributed by atoms with Crippen LogP contribution in [0.4, 0.5) is 0 Å². The number of aromatic nitrogens is 1. The molecule has 2 aliphatic rings. The van der Waals surface area contributed by atoms with Crippen molar-refractivity contribution in [1.82, 2.24) is 10.3 Å². The van der Waals surface area contributed by atoms with E-state index >= 15 is 0 Å². The third-order valence-corrected chi connectivity index (χ3v) is 4.91. The zero-order chi connectivity index (χ0) is 14.9. The molecule has 0 bridgehead atoms. The molecule has 1 saturated carbocycles. The number of pyridine rings is 1. The molecule has 2 aromatic rings. The smallest absolute Gasteiger partial charge is 0.0699 e. The van der Waals surface area contributed by atoms with E-state index in [9.17, 15) is 5.11 Å². The van der Waals surface area contributed by atoms with Gasteiger partial charge in [0.25, 0.3) is 0 Å². The van der Waals surface area contributed by atoms with Gasteiger partial charge in [0.2, 0.25) is 0 Å². The molecule has 1 unspecified atom stereocenters. The average Bonchev–Trinajstić information content (AvgIpc) is 3.29. The Balaban J connectivity index is 1.73. The first kappa shape index (κ1) is 13.9. The first-order valence-electron chi connectivity index (χ1n) is 8.26. The summed E-state index contributed by atoms with van der Waals surface area (Å²) in [6.07, 6.45) is 5.69. The third-order valence-electron chi connectivity index (χ3n) is 4.91. The molecule has 1 aromatic heterocycles. The van der Waals surface area contributed by atoms with Gasteiger partial charge in [0.1, 0.15) is 0 Å². The molecule has 22 heavy (non-hydrogen) atoms. The lowest BCUT2D eigenvalue weighted by Crippen LogP contribution is -2.11. The second-order valence-corrected chi connectivity index (χ2v) is 6.48. The number of nitrogens with one attached hydrogen (secondary N) is 1. The molecular weight excluding hydrogens is 272 g/mol. The van der Waals surface area contributed by atoms with E-state index < -0.39 is 0 Å². The fraction of sp³-hybridized carbons (Fsp3) is 0.421. The van der Waals surface area contributed by atoms with Crippen LogP contribution in [0.2, 0.25) is 0 Å². The topological polar surface area (TPSA) is 45.2 Å². The molecule has 4 rings (SSSR count). The lowest BCUT2D eigenvalue weighted by molar-refractivity contribution is 0.279. The molecule has 1 aliphatic carbocycles. The Morgan fingerprint density at radius 1 is 1.14 bits per heavy atom. The van der Waals surface area contributed by atoms with Crippen LogP contribution in [0, 0.1) is 0 Å². The standard InChI is InChI=1S/C19H22N2O/c22-12-16-9-15(11-21-19(16)14-7-8-20-10-14)18-4-2-1-3-17(18)13-5-6-13/h1-4,9,11,13-14,20,22H,5-8,10,12H2. The highest BCUT2D eigenvalue weighted by Gasteiger charge is 2.27. The van der Waals surface area contributed by atoms with Crippen LogP contribution in [0.15, 0.2) is 36.5 Å². The largest absolute Gasteiger partial charge is 0.392 e. The Morgan fingerprint density at radius 2 is 2.00 bits per heavy atom. The fourth-order valence-corrected chi connectivity index (χ4v) is 3.56. The summed E-state index contributed by atoms with van der Waals surface area (Å²) in [7, 11) is 0. The van der Waals surface area contributed by atoms with E-state index in [1.165, 1.54) is 24.0 Å². The van der Waals surface area contributed by atoms with Gasteiger partial charge in [-0.3, -0.25) is 4.98 Å². The molecule has 2 fully saturated rings. The Bertz CT molecular complexity index is 673. The van der Waals surface area contributed by atoms with E-state index in [4.69, 9.17) is 4.98 Å². The van der Waals surface area contributed by atoms with Crippen LogP contribution >= 0.6 is 0 Å². The van der Waals surface area contributed by atoms with Gasteiger partial charge in [-0.15, -0.1) is 0 Å². The van der Waals surface area contributed by atoms with Crippen molar-refractivity contribution in [3.8, 4) is 11.1 Å². The molecule has 3 heteroatoms. The van der Waals surface area contributed by atoms with Crippen LogP contribution in [0.25, 0.3) is 11.1 Å². The summed E-state index contributed by atoms with van der Waals surface area (Å²) in [5.74, 6) is 1.15. The fourth-order valence-electron chi connectivity index (χ4n) is 3.56. The van der Waals surface area contributed by atoms with Crippen molar-refractivity contribution in [2.45, 2.75) is 37.7 Å². The van der Waals surface area contributed by atoms with Gasteiger partial charge >= 0.3 is 0 Å². The molecule has 1 saturated heterocycles. The Kier molecular flexibility index (Phi) is 3.68. The molecule has 114 valence electrons. The number of benzene rings is 1. The SMILES string of the molecule is OCc1cc(-c2ccccc2C2CC2)cnc1C1CCNC1. The summed E-state index contributed by atoms with van der Waals surface area (Å²) < 4.78 is 0. The van der Waals surface area contributed by atoms with Crippen LogP contribution in [0.5, 0.6) is 0 Å². The normalized spacial score (nSPS) is 21.2. The van der Waals surface area contributed by atoms with E-state index in [1.807, 2.05) is 6.20 Å². The second kappa shape index (κ2) is 5.82. The van der Waals surface area contributed by atoms with Crippen molar-refractivity contribution in [2.24, 2.45) is 0 Å². The van der Waals surface area contributed by atoms with Gasteiger partial charge in [-0.1, -0.05) is 24.3 Å².